The number of hydrogen-bond donors (Lipinski definition) is 0. The minimum atomic E-state index is 0.157. The maximum absolute atomic E-state index is 11.8. The zero-order chi connectivity index (χ0) is 11.7. The number of nitrogens with zero attached hydrogens (tertiary/aromatic N) is 2. The van der Waals surface area contributed by atoms with Gasteiger partial charge in [0.15, 0.2) is 0 Å². The zero-order valence-electron chi connectivity index (χ0n) is 8.29. The summed E-state index contributed by atoms with van der Waals surface area (Å²) in [5.41, 5.74) is 0.836. The van der Waals surface area contributed by atoms with Crippen molar-refractivity contribution in [3.8, 4) is 0 Å². The summed E-state index contributed by atoms with van der Waals surface area (Å²) in [6, 6.07) is 1.91. The molecule has 1 aromatic rings. The van der Waals surface area contributed by atoms with Crippen molar-refractivity contribution in [3.05, 3.63) is 21.3 Å². The highest BCUT2D eigenvalue weighted by atomic mass is 79.9. The summed E-state index contributed by atoms with van der Waals surface area (Å²) in [7, 11) is 0. The van der Waals surface area contributed by atoms with E-state index in [1.807, 2.05) is 6.07 Å². The molecule has 1 aromatic heterocycles. The van der Waals surface area contributed by atoms with Crippen molar-refractivity contribution < 1.29 is 4.79 Å². The maximum Gasteiger partial charge on any atom is 0.227 e. The van der Waals surface area contributed by atoms with E-state index in [1.165, 1.54) is 0 Å². The summed E-state index contributed by atoms with van der Waals surface area (Å²) >= 11 is 10.2. The maximum atomic E-state index is 11.8. The summed E-state index contributed by atoms with van der Waals surface area (Å²) in [6.45, 7) is 0.751. The Balaban J connectivity index is 2.30. The number of halogens is 3. The lowest BCUT2D eigenvalue weighted by molar-refractivity contribution is -0.117. The highest BCUT2D eigenvalue weighted by Gasteiger charge is 2.31. The Bertz CT molecular complexity index is 425. The number of carbonyl (C=O) groups excluding carboxylic acids is 1. The SMILES string of the molecule is O=C1CC(CBr)CN1c1cc(Br)cnc1Br. The zero-order valence-corrected chi connectivity index (χ0v) is 13.0. The molecule has 1 fully saturated rings. The van der Waals surface area contributed by atoms with Crippen molar-refractivity contribution in [1.29, 1.82) is 0 Å². The van der Waals surface area contributed by atoms with Gasteiger partial charge in [-0.1, -0.05) is 15.9 Å². The van der Waals surface area contributed by atoms with E-state index in [9.17, 15) is 4.79 Å². The van der Waals surface area contributed by atoms with Gasteiger partial charge in [0.1, 0.15) is 4.60 Å². The van der Waals surface area contributed by atoms with Crippen molar-refractivity contribution in [3.63, 3.8) is 0 Å². The molecule has 1 atom stereocenters. The molecule has 0 spiro atoms. The Morgan fingerprint density at radius 3 is 2.88 bits per heavy atom. The highest BCUT2D eigenvalue weighted by Crippen LogP contribution is 2.32. The molecule has 0 aliphatic carbocycles. The molecular formula is C10H9Br3N2O. The molecule has 6 heteroatoms. The Hall–Kier alpha value is 0.0600. The summed E-state index contributed by atoms with van der Waals surface area (Å²) in [4.78, 5) is 17.8. The minimum absolute atomic E-state index is 0.157. The predicted molar refractivity (Wildman–Crippen MR) is 73.9 cm³/mol. The Labute approximate surface area is 119 Å². The number of amides is 1. The van der Waals surface area contributed by atoms with Crippen LogP contribution in [0.2, 0.25) is 0 Å². The molecule has 0 aromatic carbocycles. The standard InChI is InChI=1S/C10H9Br3N2O/c11-3-6-1-9(16)15(5-6)8-2-7(12)4-14-10(8)13/h2,4,6H,1,3,5H2. The van der Waals surface area contributed by atoms with Crippen LogP contribution < -0.4 is 4.90 Å². The van der Waals surface area contributed by atoms with Crippen molar-refractivity contribution in [2.45, 2.75) is 6.42 Å². The smallest absolute Gasteiger partial charge is 0.227 e. The number of rotatable bonds is 2. The van der Waals surface area contributed by atoms with Crippen LogP contribution in [0.1, 0.15) is 6.42 Å². The van der Waals surface area contributed by atoms with Crippen molar-refractivity contribution in [2.75, 3.05) is 16.8 Å². The Morgan fingerprint density at radius 2 is 2.25 bits per heavy atom. The molecule has 0 N–H and O–H groups in total. The highest BCUT2D eigenvalue weighted by molar-refractivity contribution is 9.11. The lowest BCUT2D eigenvalue weighted by Crippen LogP contribution is -2.25. The van der Waals surface area contributed by atoms with Gasteiger partial charge in [-0.3, -0.25) is 4.79 Å². The van der Waals surface area contributed by atoms with Gasteiger partial charge in [0, 0.05) is 29.0 Å². The molecule has 86 valence electrons. The van der Waals surface area contributed by atoms with Crippen LogP contribution in [0.4, 0.5) is 5.69 Å². The lowest BCUT2D eigenvalue weighted by atomic mass is 10.2. The second-order valence-corrected chi connectivity index (χ2v) is 6.01. The van der Waals surface area contributed by atoms with Crippen LogP contribution in [0.15, 0.2) is 21.3 Å². The number of carbonyl (C=O) groups is 1. The van der Waals surface area contributed by atoms with Crippen molar-refractivity contribution in [1.82, 2.24) is 4.98 Å². The van der Waals surface area contributed by atoms with Gasteiger partial charge in [-0.05, 0) is 43.8 Å². The first-order valence-corrected chi connectivity index (χ1v) is 7.50. The van der Waals surface area contributed by atoms with Gasteiger partial charge in [-0.25, -0.2) is 4.98 Å². The molecule has 2 heterocycles. The number of pyridine rings is 1. The fraction of sp³-hybridized carbons (Fsp3) is 0.400. The summed E-state index contributed by atoms with van der Waals surface area (Å²) in [5, 5.41) is 0.855. The molecule has 1 saturated heterocycles. The molecule has 1 unspecified atom stereocenters. The van der Waals surface area contributed by atoms with Crippen LogP contribution in [0, 0.1) is 5.92 Å². The second kappa shape index (κ2) is 5.14. The summed E-state index contributed by atoms with van der Waals surface area (Å²) in [5.74, 6) is 0.545. The van der Waals surface area contributed by atoms with Crippen LogP contribution in [-0.4, -0.2) is 22.8 Å². The number of alkyl halides is 1. The molecule has 1 aliphatic rings. The lowest BCUT2D eigenvalue weighted by Gasteiger charge is -2.17. The molecular weight excluding hydrogens is 404 g/mol. The number of hydrogen-bond acceptors (Lipinski definition) is 2. The van der Waals surface area contributed by atoms with Gasteiger partial charge >= 0.3 is 0 Å². The van der Waals surface area contributed by atoms with Crippen LogP contribution >= 0.6 is 47.8 Å². The molecule has 16 heavy (non-hydrogen) atoms. The normalized spacial score (nSPS) is 20.6. The first kappa shape index (κ1) is 12.5. The molecule has 0 bridgehead atoms. The van der Waals surface area contributed by atoms with Crippen molar-refractivity contribution >= 4 is 59.4 Å². The van der Waals surface area contributed by atoms with Crippen LogP contribution in [0.5, 0.6) is 0 Å². The van der Waals surface area contributed by atoms with Crippen molar-refractivity contribution in [2.24, 2.45) is 5.92 Å². The average Bonchev–Trinajstić information content (AvgIpc) is 2.63. The van der Waals surface area contributed by atoms with Gasteiger partial charge in [-0.2, -0.15) is 0 Å². The van der Waals surface area contributed by atoms with E-state index in [2.05, 4.69) is 52.8 Å². The Morgan fingerprint density at radius 1 is 1.50 bits per heavy atom. The summed E-state index contributed by atoms with van der Waals surface area (Å²) < 4.78 is 1.58. The predicted octanol–water partition coefficient (Wildman–Crippen LogP) is 3.35. The molecule has 1 amide bonds. The molecule has 1 aliphatic heterocycles. The Kier molecular flexibility index (Phi) is 4.02. The van der Waals surface area contributed by atoms with Gasteiger partial charge < -0.3 is 4.90 Å². The van der Waals surface area contributed by atoms with Crippen LogP contribution in [0.3, 0.4) is 0 Å². The van der Waals surface area contributed by atoms with E-state index in [-0.39, 0.29) is 5.91 Å². The quantitative estimate of drug-likeness (QED) is 0.551. The molecule has 0 saturated carbocycles. The first-order chi connectivity index (χ1) is 7.61. The fourth-order valence-electron chi connectivity index (χ4n) is 1.72. The largest absolute Gasteiger partial charge is 0.309 e. The van der Waals surface area contributed by atoms with E-state index in [0.29, 0.717) is 16.9 Å². The monoisotopic (exact) mass is 410 g/mol. The molecule has 2 rings (SSSR count). The van der Waals surface area contributed by atoms with E-state index in [0.717, 1.165) is 22.0 Å². The molecule has 0 radical (unpaired) electrons. The van der Waals surface area contributed by atoms with Gasteiger partial charge in [0.25, 0.3) is 0 Å². The van der Waals surface area contributed by atoms with Crippen LogP contribution in [-0.2, 0) is 4.79 Å². The van der Waals surface area contributed by atoms with E-state index >= 15 is 0 Å². The van der Waals surface area contributed by atoms with Gasteiger partial charge in [0.05, 0.1) is 5.69 Å². The average molecular weight is 413 g/mol. The fourth-order valence-corrected chi connectivity index (χ4v) is 2.90. The molecule has 3 nitrogen and oxygen atoms in total. The third-order valence-electron chi connectivity index (χ3n) is 2.50. The van der Waals surface area contributed by atoms with E-state index < -0.39 is 0 Å². The number of aromatic nitrogens is 1. The third-order valence-corrected chi connectivity index (χ3v) is 4.46. The van der Waals surface area contributed by atoms with Crippen LogP contribution in [0.25, 0.3) is 0 Å². The topological polar surface area (TPSA) is 33.2 Å². The van der Waals surface area contributed by atoms with E-state index in [1.54, 1.807) is 11.1 Å². The number of anilines is 1. The van der Waals surface area contributed by atoms with E-state index in [4.69, 9.17) is 0 Å². The first-order valence-electron chi connectivity index (χ1n) is 4.79. The third kappa shape index (κ3) is 2.49. The van der Waals surface area contributed by atoms with Gasteiger partial charge in [-0.15, -0.1) is 0 Å². The van der Waals surface area contributed by atoms with Gasteiger partial charge in [0.2, 0.25) is 5.91 Å². The second-order valence-electron chi connectivity index (χ2n) is 3.69. The summed E-state index contributed by atoms with van der Waals surface area (Å²) in [6.07, 6.45) is 2.31. The minimum Gasteiger partial charge on any atom is -0.309 e.